The first-order valence-electron chi connectivity index (χ1n) is 8.73. The van der Waals surface area contributed by atoms with Gasteiger partial charge in [-0.15, -0.1) is 11.8 Å². The van der Waals surface area contributed by atoms with Crippen LogP contribution in [0.5, 0.6) is 17.2 Å². The van der Waals surface area contributed by atoms with Gasteiger partial charge < -0.3 is 24.8 Å². The third kappa shape index (κ3) is 6.42. The lowest BCUT2D eigenvalue weighted by Crippen LogP contribution is -2.37. The van der Waals surface area contributed by atoms with Gasteiger partial charge in [-0.3, -0.25) is 4.99 Å². The number of hydrogen-bond acceptors (Lipinski definition) is 5. The molecule has 2 aromatic rings. The molecule has 0 bridgehead atoms. The van der Waals surface area contributed by atoms with Crippen molar-refractivity contribution in [2.45, 2.75) is 11.4 Å². The highest BCUT2D eigenvalue weighted by Crippen LogP contribution is 2.38. The summed E-state index contributed by atoms with van der Waals surface area (Å²) >= 11 is 7.66. The van der Waals surface area contributed by atoms with Crippen LogP contribution in [0.2, 0.25) is 5.02 Å². The lowest BCUT2D eigenvalue weighted by Gasteiger charge is -2.16. The van der Waals surface area contributed by atoms with Crippen LogP contribution in [0.1, 0.15) is 5.56 Å². The molecule has 2 N–H and O–H groups in total. The molecule has 2 rings (SSSR count). The van der Waals surface area contributed by atoms with Gasteiger partial charge in [-0.25, -0.2) is 0 Å². The Labute approximate surface area is 175 Å². The van der Waals surface area contributed by atoms with Crippen molar-refractivity contribution in [3.63, 3.8) is 0 Å². The molecule has 0 unspecified atom stereocenters. The van der Waals surface area contributed by atoms with Crippen LogP contribution in [0.3, 0.4) is 0 Å². The topological polar surface area (TPSA) is 64.1 Å². The Morgan fingerprint density at radius 3 is 2.18 bits per heavy atom. The van der Waals surface area contributed by atoms with E-state index in [1.807, 2.05) is 36.4 Å². The van der Waals surface area contributed by atoms with Crippen molar-refractivity contribution in [3.05, 3.63) is 47.0 Å². The molecule has 0 fully saturated rings. The normalized spacial score (nSPS) is 11.1. The number of hydrogen-bond donors (Lipinski definition) is 2. The minimum Gasteiger partial charge on any atom is -0.493 e. The summed E-state index contributed by atoms with van der Waals surface area (Å²) in [5, 5.41) is 7.35. The number of ether oxygens (including phenoxy) is 3. The van der Waals surface area contributed by atoms with Crippen LogP contribution in [0.25, 0.3) is 0 Å². The third-order valence-electron chi connectivity index (χ3n) is 3.88. The van der Waals surface area contributed by atoms with E-state index in [9.17, 15) is 0 Å². The van der Waals surface area contributed by atoms with E-state index in [-0.39, 0.29) is 0 Å². The van der Waals surface area contributed by atoms with Gasteiger partial charge in [-0.2, -0.15) is 0 Å². The zero-order chi connectivity index (χ0) is 20.4. The standard InChI is InChI=1S/C20H26ClN3O3S/c1-22-20(23-9-10-28-16-7-5-15(21)6-8-16)24-13-14-11-17(25-2)19(27-4)18(12-14)26-3/h5-8,11-12H,9-10,13H2,1-4H3,(H2,22,23,24). The molecular weight excluding hydrogens is 398 g/mol. The largest absolute Gasteiger partial charge is 0.493 e. The summed E-state index contributed by atoms with van der Waals surface area (Å²) in [7, 11) is 6.55. The second-order valence-corrected chi connectivity index (χ2v) is 7.29. The highest BCUT2D eigenvalue weighted by Gasteiger charge is 2.13. The number of nitrogens with zero attached hydrogens (tertiary/aromatic N) is 1. The first kappa shape index (κ1) is 22.0. The number of rotatable bonds is 9. The maximum absolute atomic E-state index is 5.91. The van der Waals surface area contributed by atoms with Crippen LogP contribution >= 0.6 is 23.4 Å². The van der Waals surface area contributed by atoms with E-state index in [0.29, 0.717) is 23.8 Å². The number of guanidine groups is 1. The summed E-state index contributed by atoms with van der Waals surface area (Å²) in [5.74, 6) is 3.47. The van der Waals surface area contributed by atoms with Crippen LogP contribution in [0, 0.1) is 0 Å². The molecule has 152 valence electrons. The minimum atomic E-state index is 0.570. The molecule has 0 heterocycles. The number of nitrogens with one attached hydrogen (secondary N) is 2. The van der Waals surface area contributed by atoms with Crippen molar-refractivity contribution in [2.24, 2.45) is 4.99 Å². The monoisotopic (exact) mass is 423 g/mol. The predicted octanol–water partition coefficient (Wildman–Crippen LogP) is 3.82. The zero-order valence-electron chi connectivity index (χ0n) is 16.5. The smallest absolute Gasteiger partial charge is 0.203 e. The van der Waals surface area contributed by atoms with Crippen LogP contribution in [-0.2, 0) is 6.54 Å². The fraction of sp³-hybridized carbons (Fsp3) is 0.350. The Balaban J connectivity index is 1.85. The number of halogens is 1. The fourth-order valence-electron chi connectivity index (χ4n) is 2.51. The number of thioether (sulfide) groups is 1. The molecule has 0 aliphatic rings. The first-order chi connectivity index (χ1) is 13.6. The summed E-state index contributed by atoms with van der Waals surface area (Å²) in [4.78, 5) is 5.45. The van der Waals surface area contributed by atoms with Gasteiger partial charge in [-0.05, 0) is 42.0 Å². The molecule has 28 heavy (non-hydrogen) atoms. The summed E-state index contributed by atoms with van der Waals surface area (Å²) in [5.41, 5.74) is 0.994. The summed E-state index contributed by atoms with van der Waals surface area (Å²) in [6.07, 6.45) is 0. The average molecular weight is 424 g/mol. The molecule has 6 nitrogen and oxygen atoms in total. The van der Waals surface area contributed by atoms with Crippen molar-refractivity contribution < 1.29 is 14.2 Å². The molecule has 8 heteroatoms. The molecule has 0 aromatic heterocycles. The highest BCUT2D eigenvalue weighted by molar-refractivity contribution is 7.99. The van der Waals surface area contributed by atoms with E-state index in [1.54, 1.807) is 40.1 Å². The second-order valence-electron chi connectivity index (χ2n) is 5.69. The SMILES string of the molecule is CN=C(NCCSc1ccc(Cl)cc1)NCc1cc(OC)c(OC)c(OC)c1. The van der Waals surface area contributed by atoms with Gasteiger partial charge in [0, 0.05) is 35.8 Å². The lowest BCUT2D eigenvalue weighted by atomic mass is 10.2. The quantitative estimate of drug-likeness (QED) is 0.276. The van der Waals surface area contributed by atoms with Gasteiger partial charge in [0.2, 0.25) is 5.75 Å². The van der Waals surface area contributed by atoms with Gasteiger partial charge in [0.1, 0.15) is 0 Å². The highest BCUT2D eigenvalue weighted by atomic mass is 35.5. The minimum absolute atomic E-state index is 0.570. The molecule has 0 amide bonds. The first-order valence-corrected chi connectivity index (χ1v) is 10.1. The molecular formula is C20H26ClN3O3S. The Kier molecular flexibility index (Phi) is 9.10. The van der Waals surface area contributed by atoms with Crippen LogP contribution < -0.4 is 24.8 Å². The fourth-order valence-corrected chi connectivity index (χ4v) is 3.41. The Hall–Kier alpha value is -2.25. The van der Waals surface area contributed by atoms with Crippen molar-refractivity contribution in [2.75, 3.05) is 40.7 Å². The molecule has 0 spiro atoms. The molecule has 0 saturated carbocycles. The van der Waals surface area contributed by atoms with Gasteiger partial charge in [-0.1, -0.05) is 11.6 Å². The van der Waals surface area contributed by atoms with Gasteiger partial charge in [0.15, 0.2) is 17.5 Å². The molecule has 0 aliphatic heterocycles. The molecule has 0 aliphatic carbocycles. The van der Waals surface area contributed by atoms with E-state index in [2.05, 4.69) is 15.6 Å². The van der Waals surface area contributed by atoms with E-state index in [1.165, 1.54) is 4.90 Å². The van der Waals surface area contributed by atoms with E-state index >= 15 is 0 Å². The maximum atomic E-state index is 5.91. The second kappa shape index (κ2) is 11.6. The van der Waals surface area contributed by atoms with Crippen molar-refractivity contribution in [1.29, 1.82) is 0 Å². The molecule has 0 radical (unpaired) electrons. The van der Waals surface area contributed by atoms with Crippen LogP contribution in [0.15, 0.2) is 46.3 Å². The lowest BCUT2D eigenvalue weighted by molar-refractivity contribution is 0.323. The van der Waals surface area contributed by atoms with Crippen LogP contribution in [-0.4, -0.2) is 46.6 Å². The van der Waals surface area contributed by atoms with Crippen molar-refractivity contribution in [3.8, 4) is 17.2 Å². The zero-order valence-corrected chi connectivity index (χ0v) is 18.1. The molecule has 2 aromatic carbocycles. The average Bonchev–Trinajstić information content (AvgIpc) is 2.73. The number of aliphatic imine (C=N–C) groups is 1. The van der Waals surface area contributed by atoms with Crippen LogP contribution in [0.4, 0.5) is 0 Å². The third-order valence-corrected chi connectivity index (χ3v) is 5.15. The Morgan fingerprint density at radius 2 is 1.64 bits per heavy atom. The number of benzene rings is 2. The van der Waals surface area contributed by atoms with Gasteiger partial charge >= 0.3 is 0 Å². The Morgan fingerprint density at radius 1 is 1.00 bits per heavy atom. The molecule has 0 atom stereocenters. The molecule has 0 saturated heterocycles. The Bertz CT molecular complexity index is 760. The summed E-state index contributed by atoms with van der Waals surface area (Å²) in [6.45, 7) is 1.35. The van der Waals surface area contributed by atoms with E-state index in [0.717, 1.165) is 28.8 Å². The summed E-state index contributed by atoms with van der Waals surface area (Å²) < 4.78 is 16.1. The summed E-state index contributed by atoms with van der Waals surface area (Å²) in [6, 6.07) is 11.7. The van der Waals surface area contributed by atoms with Crippen molar-refractivity contribution >= 4 is 29.3 Å². The van der Waals surface area contributed by atoms with Gasteiger partial charge in [0.05, 0.1) is 21.3 Å². The maximum Gasteiger partial charge on any atom is 0.203 e. The van der Waals surface area contributed by atoms with E-state index < -0.39 is 0 Å². The van der Waals surface area contributed by atoms with Crippen molar-refractivity contribution in [1.82, 2.24) is 10.6 Å². The van der Waals surface area contributed by atoms with E-state index in [4.69, 9.17) is 25.8 Å². The van der Waals surface area contributed by atoms with Gasteiger partial charge in [0.25, 0.3) is 0 Å². The number of methoxy groups -OCH3 is 3. The predicted molar refractivity (Wildman–Crippen MR) is 116 cm³/mol.